The van der Waals surface area contributed by atoms with E-state index in [9.17, 15) is 9.59 Å². The largest absolute Gasteiger partial charge is 0.337 e. The summed E-state index contributed by atoms with van der Waals surface area (Å²) in [5.74, 6) is -0.244. The maximum Gasteiger partial charge on any atom is 0.337 e. The Morgan fingerprint density at radius 1 is 0.867 bits per heavy atom. The fourth-order valence-electron chi connectivity index (χ4n) is 3.20. The van der Waals surface area contributed by atoms with Gasteiger partial charge in [0.15, 0.2) is 0 Å². The molecule has 160 valence electrons. The first kappa shape index (κ1) is 22.4. The summed E-state index contributed by atoms with van der Waals surface area (Å²) in [6.45, 7) is 5.40. The van der Waals surface area contributed by atoms with Crippen LogP contribution in [-0.4, -0.2) is 54.5 Å². The minimum Gasteiger partial charge on any atom is -0.307 e. The van der Waals surface area contributed by atoms with E-state index in [4.69, 9.17) is 23.2 Å². The first-order chi connectivity index (χ1) is 14.5. The molecule has 2 aromatic carbocycles. The van der Waals surface area contributed by atoms with Crippen molar-refractivity contribution in [3.8, 4) is 0 Å². The van der Waals surface area contributed by atoms with Crippen LogP contribution in [0.1, 0.15) is 12.0 Å². The molecule has 0 radical (unpaired) electrons. The summed E-state index contributed by atoms with van der Waals surface area (Å²) in [4.78, 5) is 28.6. The van der Waals surface area contributed by atoms with Gasteiger partial charge in [-0.2, -0.15) is 0 Å². The third-order valence-electron chi connectivity index (χ3n) is 4.86. The van der Waals surface area contributed by atoms with Crippen LogP contribution < -0.4 is 16.2 Å². The van der Waals surface area contributed by atoms with E-state index >= 15 is 0 Å². The quantitative estimate of drug-likeness (QED) is 0.590. The zero-order valence-corrected chi connectivity index (χ0v) is 18.0. The molecule has 1 fully saturated rings. The molecule has 3 rings (SSSR count). The molecule has 3 amide bonds. The van der Waals surface area contributed by atoms with Crippen molar-refractivity contribution >= 4 is 40.8 Å². The average molecular weight is 450 g/mol. The van der Waals surface area contributed by atoms with Crippen LogP contribution >= 0.6 is 23.2 Å². The van der Waals surface area contributed by atoms with Gasteiger partial charge in [-0.3, -0.25) is 15.1 Å². The maximum absolute atomic E-state index is 12.0. The molecule has 7 nitrogen and oxygen atoms in total. The first-order valence-corrected chi connectivity index (χ1v) is 10.5. The number of rotatable bonds is 6. The number of hydrogen-bond donors (Lipinski definition) is 3. The zero-order valence-electron chi connectivity index (χ0n) is 16.5. The Kier molecular flexibility index (Phi) is 8.33. The highest BCUT2D eigenvalue weighted by Crippen LogP contribution is 2.24. The summed E-state index contributed by atoms with van der Waals surface area (Å²) in [5, 5.41) is 3.31. The van der Waals surface area contributed by atoms with Crippen LogP contribution in [0.3, 0.4) is 0 Å². The van der Waals surface area contributed by atoms with Crippen molar-refractivity contribution in [2.24, 2.45) is 0 Å². The first-order valence-electron chi connectivity index (χ1n) is 9.79. The Morgan fingerprint density at radius 2 is 1.57 bits per heavy atom. The number of amides is 3. The lowest BCUT2D eigenvalue weighted by Gasteiger charge is -2.34. The molecule has 0 bridgehead atoms. The number of anilines is 1. The highest BCUT2D eigenvalue weighted by molar-refractivity contribution is 6.42. The van der Waals surface area contributed by atoms with Crippen molar-refractivity contribution in [3.63, 3.8) is 0 Å². The van der Waals surface area contributed by atoms with Crippen LogP contribution in [0.15, 0.2) is 48.5 Å². The number of hydrazine groups is 1. The van der Waals surface area contributed by atoms with Gasteiger partial charge in [0.1, 0.15) is 0 Å². The topological polar surface area (TPSA) is 76.7 Å². The Labute approximate surface area is 186 Å². The van der Waals surface area contributed by atoms with Gasteiger partial charge in [0, 0.05) is 51.4 Å². The molecule has 0 aliphatic carbocycles. The number of urea groups is 1. The van der Waals surface area contributed by atoms with Crippen molar-refractivity contribution in [2.45, 2.75) is 13.0 Å². The van der Waals surface area contributed by atoms with Crippen molar-refractivity contribution in [3.05, 3.63) is 64.1 Å². The lowest BCUT2D eigenvalue weighted by atomic mass is 10.2. The molecule has 0 unspecified atom stereocenters. The van der Waals surface area contributed by atoms with Crippen molar-refractivity contribution in [2.75, 3.05) is 38.0 Å². The number of hydrogen-bond acceptors (Lipinski definition) is 4. The third-order valence-corrected chi connectivity index (χ3v) is 5.60. The molecule has 0 atom stereocenters. The number of carbonyl (C=O) groups excluding carboxylic acids is 2. The second kappa shape index (κ2) is 11.2. The van der Waals surface area contributed by atoms with Gasteiger partial charge in [-0.1, -0.05) is 53.5 Å². The normalized spacial score (nSPS) is 14.9. The van der Waals surface area contributed by atoms with E-state index in [1.165, 1.54) is 11.6 Å². The van der Waals surface area contributed by atoms with Gasteiger partial charge in [-0.25, -0.2) is 10.2 Å². The van der Waals surface area contributed by atoms with E-state index < -0.39 is 6.03 Å². The van der Waals surface area contributed by atoms with Crippen LogP contribution in [0.4, 0.5) is 10.5 Å². The molecular weight excluding hydrogens is 425 g/mol. The van der Waals surface area contributed by atoms with E-state index in [0.717, 1.165) is 32.7 Å². The van der Waals surface area contributed by atoms with Gasteiger partial charge in [0.05, 0.1) is 10.0 Å². The van der Waals surface area contributed by atoms with Crippen molar-refractivity contribution < 1.29 is 9.59 Å². The SMILES string of the molecule is O=C(CCN1CCN(Cc2ccccc2)CC1)NNC(=O)Nc1ccc(Cl)c(Cl)c1. The van der Waals surface area contributed by atoms with Crippen LogP contribution in [0.25, 0.3) is 0 Å². The molecule has 9 heteroatoms. The summed E-state index contributed by atoms with van der Waals surface area (Å²) in [6.07, 6.45) is 0.311. The second-order valence-corrected chi connectivity index (χ2v) is 7.92. The fraction of sp³-hybridized carbons (Fsp3) is 0.333. The molecule has 0 saturated carbocycles. The molecule has 1 heterocycles. The van der Waals surface area contributed by atoms with Crippen molar-refractivity contribution in [1.29, 1.82) is 0 Å². The molecule has 2 aromatic rings. The molecule has 1 aliphatic heterocycles. The molecule has 0 spiro atoms. The fourth-order valence-corrected chi connectivity index (χ4v) is 3.50. The Balaban J connectivity index is 1.30. The van der Waals surface area contributed by atoms with Gasteiger partial charge in [0.25, 0.3) is 0 Å². The molecule has 1 saturated heterocycles. The van der Waals surface area contributed by atoms with Crippen LogP contribution in [0.5, 0.6) is 0 Å². The van der Waals surface area contributed by atoms with Gasteiger partial charge in [0.2, 0.25) is 5.91 Å². The predicted octanol–water partition coefficient (Wildman–Crippen LogP) is 3.35. The Hall–Kier alpha value is -2.32. The van der Waals surface area contributed by atoms with E-state index in [1.807, 2.05) is 6.07 Å². The van der Waals surface area contributed by atoms with Gasteiger partial charge in [-0.05, 0) is 23.8 Å². The highest BCUT2D eigenvalue weighted by Gasteiger charge is 2.17. The number of nitrogens with zero attached hydrogens (tertiary/aromatic N) is 2. The minimum atomic E-state index is -0.559. The lowest BCUT2D eigenvalue weighted by molar-refractivity contribution is -0.122. The summed E-state index contributed by atoms with van der Waals surface area (Å²) in [5.41, 5.74) is 6.54. The van der Waals surface area contributed by atoms with E-state index in [0.29, 0.717) is 28.7 Å². The number of piperazine rings is 1. The molecule has 1 aliphatic rings. The smallest absolute Gasteiger partial charge is 0.307 e. The zero-order chi connectivity index (χ0) is 21.3. The Morgan fingerprint density at radius 3 is 2.27 bits per heavy atom. The summed E-state index contributed by atoms with van der Waals surface area (Å²) >= 11 is 11.7. The molecule has 3 N–H and O–H groups in total. The molecule has 30 heavy (non-hydrogen) atoms. The van der Waals surface area contributed by atoms with Crippen LogP contribution in [-0.2, 0) is 11.3 Å². The number of carbonyl (C=O) groups is 2. The summed E-state index contributed by atoms with van der Waals surface area (Å²) in [6, 6.07) is 14.6. The molecule has 0 aromatic heterocycles. The van der Waals surface area contributed by atoms with Crippen LogP contribution in [0.2, 0.25) is 10.0 Å². The van der Waals surface area contributed by atoms with E-state index in [2.05, 4.69) is 50.2 Å². The summed E-state index contributed by atoms with van der Waals surface area (Å²) in [7, 11) is 0. The number of nitrogens with one attached hydrogen (secondary N) is 3. The molecular formula is C21H25Cl2N5O2. The third kappa shape index (κ3) is 7.18. The highest BCUT2D eigenvalue weighted by atomic mass is 35.5. The van der Waals surface area contributed by atoms with Crippen LogP contribution in [0, 0.1) is 0 Å². The number of benzene rings is 2. The number of halogens is 2. The average Bonchev–Trinajstić information content (AvgIpc) is 2.75. The van der Waals surface area contributed by atoms with Gasteiger partial charge in [-0.15, -0.1) is 0 Å². The van der Waals surface area contributed by atoms with E-state index in [-0.39, 0.29) is 5.91 Å². The standard InChI is InChI=1S/C21H25Cl2N5O2/c22-18-7-6-17(14-19(18)23)24-21(30)26-25-20(29)8-9-27-10-12-28(13-11-27)15-16-4-2-1-3-5-16/h1-7,14H,8-13,15H2,(H,25,29)(H2,24,26,30). The minimum absolute atomic E-state index is 0.244. The lowest BCUT2D eigenvalue weighted by Crippen LogP contribution is -2.48. The predicted molar refractivity (Wildman–Crippen MR) is 120 cm³/mol. The maximum atomic E-state index is 12.0. The van der Waals surface area contributed by atoms with Crippen molar-refractivity contribution in [1.82, 2.24) is 20.7 Å². The summed E-state index contributed by atoms with van der Waals surface area (Å²) < 4.78 is 0. The Bertz CT molecular complexity index is 858. The van der Waals surface area contributed by atoms with E-state index in [1.54, 1.807) is 12.1 Å². The second-order valence-electron chi connectivity index (χ2n) is 7.11. The monoisotopic (exact) mass is 449 g/mol. The van der Waals surface area contributed by atoms with Gasteiger partial charge >= 0.3 is 6.03 Å². The van der Waals surface area contributed by atoms with Gasteiger partial charge < -0.3 is 10.2 Å².